The van der Waals surface area contributed by atoms with Crippen molar-refractivity contribution in [2.24, 2.45) is 0 Å². The summed E-state index contributed by atoms with van der Waals surface area (Å²) in [5.41, 5.74) is 5.06. The molecule has 1 unspecified atom stereocenters. The third-order valence-electron chi connectivity index (χ3n) is 6.89. The Balaban J connectivity index is 1.55. The fraction of sp³-hybridized carbons (Fsp3) is 0.267. The van der Waals surface area contributed by atoms with Gasteiger partial charge in [-0.2, -0.15) is 4.98 Å². The summed E-state index contributed by atoms with van der Waals surface area (Å²) >= 11 is 4.77. The van der Waals surface area contributed by atoms with Gasteiger partial charge in [-0.05, 0) is 58.8 Å². The molecule has 0 spiro atoms. The van der Waals surface area contributed by atoms with Crippen LogP contribution in [0.15, 0.2) is 60.7 Å². The number of aryl methyl sites for hydroxylation is 2. The third kappa shape index (κ3) is 6.11. The molecule has 0 bridgehead atoms. The van der Waals surface area contributed by atoms with Crippen LogP contribution in [0.2, 0.25) is 24.9 Å². The highest BCUT2D eigenvalue weighted by atomic mass is 35.5. The number of nitrogens with zero attached hydrogens (tertiary/aromatic N) is 5. The minimum absolute atomic E-state index is 0.188. The summed E-state index contributed by atoms with van der Waals surface area (Å²) in [6.45, 7) is 11.1. The van der Waals surface area contributed by atoms with E-state index in [1.54, 1.807) is 30.3 Å². The van der Waals surface area contributed by atoms with Crippen LogP contribution in [-0.2, 0) is 24.2 Å². The molecule has 1 atom stereocenters. The number of halogens is 1. The molecule has 3 heterocycles. The van der Waals surface area contributed by atoms with Crippen LogP contribution in [0.5, 0.6) is 0 Å². The zero-order chi connectivity index (χ0) is 30.2. The summed E-state index contributed by atoms with van der Waals surface area (Å²) in [5.74, 6) is 0.335. The van der Waals surface area contributed by atoms with E-state index in [0.29, 0.717) is 28.3 Å². The standard InChI is InChI=1S/C30H32ClN5O3S2Si/c1-6-10-24-33-26-19(2)32-30(31)34-27(26)35(24)18-20-13-15-21(16-14-20)23-17-25(42(3,4)5)40-29(23)36(41(38)39)28(37)22-11-8-7-9-12-22/h7-9,11-17H,6,10,18H2,1-5H3,(H,38,39)/p-1. The van der Waals surface area contributed by atoms with Crippen LogP contribution in [0.1, 0.15) is 40.8 Å². The van der Waals surface area contributed by atoms with Gasteiger partial charge in [-0.15, -0.1) is 11.3 Å². The second kappa shape index (κ2) is 12.2. The molecule has 42 heavy (non-hydrogen) atoms. The average Bonchev–Trinajstić information content (AvgIpc) is 3.53. The van der Waals surface area contributed by atoms with E-state index in [0.717, 1.165) is 49.8 Å². The quantitative estimate of drug-likeness (QED) is 0.104. The summed E-state index contributed by atoms with van der Waals surface area (Å²) in [4.78, 5) is 27.0. The Kier molecular flexibility index (Phi) is 8.77. The van der Waals surface area contributed by atoms with Crippen LogP contribution in [0.3, 0.4) is 0 Å². The van der Waals surface area contributed by atoms with E-state index in [2.05, 4.69) is 41.1 Å². The van der Waals surface area contributed by atoms with E-state index in [4.69, 9.17) is 16.6 Å². The largest absolute Gasteiger partial charge is 0.755 e. The van der Waals surface area contributed by atoms with Crippen LogP contribution >= 0.6 is 22.9 Å². The van der Waals surface area contributed by atoms with Crippen LogP contribution < -0.4 is 8.81 Å². The van der Waals surface area contributed by atoms with Crippen molar-refractivity contribution in [2.45, 2.75) is 52.9 Å². The first-order valence-electron chi connectivity index (χ1n) is 13.6. The van der Waals surface area contributed by atoms with Gasteiger partial charge in [-0.3, -0.25) is 9.00 Å². The van der Waals surface area contributed by atoms with Crippen molar-refractivity contribution in [3.8, 4) is 11.1 Å². The number of amides is 1. The molecule has 12 heteroatoms. The molecule has 0 N–H and O–H groups in total. The average molecular weight is 637 g/mol. The van der Waals surface area contributed by atoms with Gasteiger partial charge in [0.15, 0.2) is 5.65 Å². The number of hydrogen-bond acceptors (Lipinski definition) is 7. The fourth-order valence-corrected chi connectivity index (χ4v) is 8.64. The number of carbonyl (C=O) groups is 1. The number of hydrogen-bond donors (Lipinski definition) is 0. The van der Waals surface area contributed by atoms with Gasteiger partial charge >= 0.3 is 0 Å². The Labute approximate surface area is 257 Å². The number of aromatic nitrogens is 4. The van der Waals surface area contributed by atoms with E-state index >= 15 is 0 Å². The highest BCUT2D eigenvalue weighted by molar-refractivity contribution is 7.82. The van der Waals surface area contributed by atoms with Crippen molar-refractivity contribution in [1.29, 1.82) is 0 Å². The van der Waals surface area contributed by atoms with Gasteiger partial charge in [0.1, 0.15) is 16.3 Å². The van der Waals surface area contributed by atoms with Crippen molar-refractivity contribution in [3.05, 3.63) is 88.6 Å². The molecule has 5 rings (SSSR count). The SMILES string of the molecule is CCCc1nc2c(C)nc(Cl)nc2n1Cc1ccc(-c2cc([Si](C)(C)C)sc2N(C(=O)c2ccccc2)S(=O)[O-])cc1. The summed E-state index contributed by atoms with van der Waals surface area (Å²) in [7, 11) is -1.83. The molecule has 2 aromatic carbocycles. The minimum Gasteiger partial charge on any atom is -0.755 e. The Bertz CT molecular complexity index is 1780. The first-order valence-corrected chi connectivity index (χ1v) is 19.3. The maximum atomic E-state index is 13.4. The first kappa shape index (κ1) is 30.2. The van der Waals surface area contributed by atoms with Crippen molar-refractivity contribution < 1.29 is 13.6 Å². The Morgan fingerprint density at radius 1 is 1.07 bits per heavy atom. The molecule has 0 aliphatic carbocycles. The number of benzene rings is 2. The van der Waals surface area contributed by atoms with Crippen molar-refractivity contribution in [2.75, 3.05) is 4.31 Å². The van der Waals surface area contributed by atoms with Crippen LogP contribution in [0.25, 0.3) is 22.3 Å². The molecule has 0 saturated heterocycles. The minimum atomic E-state index is -2.80. The molecule has 0 aliphatic rings. The second-order valence-corrected chi connectivity index (χ2v) is 18.6. The van der Waals surface area contributed by atoms with Crippen LogP contribution in [0.4, 0.5) is 5.00 Å². The van der Waals surface area contributed by atoms with E-state index in [-0.39, 0.29) is 5.28 Å². The van der Waals surface area contributed by atoms with Gasteiger partial charge in [-0.25, -0.2) is 14.3 Å². The smallest absolute Gasteiger partial charge is 0.270 e. The number of imidazole rings is 1. The summed E-state index contributed by atoms with van der Waals surface area (Å²) in [6.07, 6.45) is 1.73. The lowest BCUT2D eigenvalue weighted by Gasteiger charge is -2.24. The lowest BCUT2D eigenvalue weighted by molar-refractivity contribution is 0.101. The van der Waals surface area contributed by atoms with Gasteiger partial charge < -0.3 is 9.12 Å². The number of fused-ring (bicyclic) bond motifs is 1. The van der Waals surface area contributed by atoms with E-state index < -0.39 is 25.2 Å². The van der Waals surface area contributed by atoms with E-state index in [9.17, 15) is 13.6 Å². The lowest BCUT2D eigenvalue weighted by atomic mass is 10.1. The van der Waals surface area contributed by atoms with Crippen molar-refractivity contribution >= 4 is 68.9 Å². The molecule has 1 amide bonds. The molecule has 0 radical (unpaired) electrons. The highest BCUT2D eigenvalue weighted by Crippen LogP contribution is 2.38. The predicted molar refractivity (Wildman–Crippen MR) is 173 cm³/mol. The molecular weight excluding hydrogens is 606 g/mol. The van der Waals surface area contributed by atoms with Gasteiger partial charge in [-0.1, -0.05) is 69.0 Å². The predicted octanol–water partition coefficient (Wildman–Crippen LogP) is 6.50. The number of carbonyl (C=O) groups excluding carboxylic acids is 1. The number of rotatable bonds is 9. The molecular formula is C30H31ClN5O3S2Si-. The van der Waals surface area contributed by atoms with Gasteiger partial charge in [0, 0.05) is 17.5 Å². The maximum absolute atomic E-state index is 13.4. The lowest BCUT2D eigenvalue weighted by Crippen LogP contribution is -2.35. The first-order chi connectivity index (χ1) is 20.0. The summed E-state index contributed by atoms with van der Waals surface area (Å²) in [6, 6.07) is 18.5. The number of anilines is 1. The third-order valence-corrected chi connectivity index (χ3v) is 12.5. The van der Waals surface area contributed by atoms with Gasteiger partial charge in [0.2, 0.25) is 5.28 Å². The zero-order valence-electron chi connectivity index (χ0n) is 24.1. The van der Waals surface area contributed by atoms with Gasteiger partial charge in [0.05, 0.1) is 31.6 Å². The normalized spacial score (nSPS) is 12.5. The zero-order valence-corrected chi connectivity index (χ0v) is 27.4. The molecule has 0 saturated carbocycles. The maximum Gasteiger partial charge on any atom is 0.270 e. The molecule has 8 nitrogen and oxygen atoms in total. The monoisotopic (exact) mass is 636 g/mol. The van der Waals surface area contributed by atoms with Crippen LogP contribution in [0, 0.1) is 6.92 Å². The number of thiophene rings is 1. The van der Waals surface area contributed by atoms with Crippen molar-refractivity contribution in [3.63, 3.8) is 0 Å². The Morgan fingerprint density at radius 2 is 1.76 bits per heavy atom. The Hall–Kier alpha value is -3.22. The van der Waals surface area contributed by atoms with E-state index in [1.165, 1.54) is 11.3 Å². The summed E-state index contributed by atoms with van der Waals surface area (Å²) in [5, 5.41) is 0.586. The molecule has 3 aromatic heterocycles. The summed E-state index contributed by atoms with van der Waals surface area (Å²) < 4.78 is 29.1. The highest BCUT2D eigenvalue weighted by Gasteiger charge is 2.29. The topological polar surface area (TPSA) is 104 Å². The van der Waals surface area contributed by atoms with Crippen molar-refractivity contribution in [1.82, 2.24) is 19.5 Å². The second-order valence-electron chi connectivity index (χ2n) is 11.1. The molecule has 0 fully saturated rings. The Morgan fingerprint density at radius 3 is 2.38 bits per heavy atom. The molecule has 5 aromatic rings. The fourth-order valence-electron chi connectivity index (χ4n) is 4.74. The molecule has 218 valence electrons. The van der Waals surface area contributed by atoms with Crippen LogP contribution in [-0.4, -0.2) is 42.3 Å². The molecule has 0 aliphatic heterocycles. The van der Waals surface area contributed by atoms with E-state index in [1.807, 2.05) is 37.3 Å². The van der Waals surface area contributed by atoms with Gasteiger partial charge in [0.25, 0.3) is 5.91 Å².